The standard InChI is InChI=1S/C22H31N3O3.CO2/c1-14(2)12-27-13-21(26)25-16-7-9-17(10-8-16)28-20-6-4-5-19-22(20)18(23)11-15(3)24-19;2-1-3/h4-6,11,14,16-17H,7-10,12-13H2,1-3H3,(H2,23,24)(H,25,26);. The second kappa shape index (κ2) is 12.0. The topological polar surface area (TPSA) is 121 Å². The molecular weight excluding hydrogens is 398 g/mol. The number of nitrogen functional groups attached to an aromatic ring is 1. The van der Waals surface area contributed by atoms with Crippen molar-refractivity contribution >= 4 is 28.6 Å². The third-order valence-corrected chi connectivity index (χ3v) is 4.97. The van der Waals surface area contributed by atoms with Gasteiger partial charge in [0.15, 0.2) is 0 Å². The van der Waals surface area contributed by atoms with Crippen LogP contribution in [-0.2, 0) is 19.1 Å². The normalized spacial score (nSPS) is 18.1. The van der Waals surface area contributed by atoms with E-state index in [1.54, 1.807) is 0 Å². The highest BCUT2D eigenvalue weighted by Gasteiger charge is 2.24. The van der Waals surface area contributed by atoms with Crippen LogP contribution < -0.4 is 15.8 Å². The highest BCUT2D eigenvalue weighted by molar-refractivity contribution is 5.95. The first-order valence-electron chi connectivity index (χ1n) is 10.5. The molecule has 0 atom stereocenters. The zero-order valence-electron chi connectivity index (χ0n) is 18.3. The van der Waals surface area contributed by atoms with Crippen molar-refractivity contribution in [2.45, 2.75) is 58.6 Å². The molecule has 0 radical (unpaired) electrons. The molecule has 1 aromatic heterocycles. The highest BCUT2D eigenvalue weighted by Crippen LogP contribution is 2.33. The van der Waals surface area contributed by atoms with Gasteiger partial charge in [0.2, 0.25) is 5.91 Å². The predicted molar refractivity (Wildman–Crippen MR) is 116 cm³/mol. The molecule has 1 aliphatic rings. The van der Waals surface area contributed by atoms with Crippen molar-refractivity contribution in [1.29, 1.82) is 0 Å². The third kappa shape index (κ3) is 7.66. The van der Waals surface area contributed by atoms with Crippen molar-refractivity contribution in [3.05, 3.63) is 30.0 Å². The number of aryl methyl sites for hydroxylation is 1. The summed E-state index contributed by atoms with van der Waals surface area (Å²) in [5.74, 6) is 1.19. The van der Waals surface area contributed by atoms with Crippen LogP contribution in [0.2, 0.25) is 0 Å². The Hall–Kier alpha value is -2.96. The van der Waals surface area contributed by atoms with Crippen molar-refractivity contribution in [2.75, 3.05) is 18.9 Å². The summed E-state index contributed by atoms with van der Waals surface area (Å²) in [4.78, 5) is 32.8. The molecule has 1 saturated carbocycles. The number of carbonyl (C=O) groups is 1. The minimum atomic E-state index is -0.0340. The number of fused-ring (bicyclic) bond motifs is 1. The van der Waals surface area contributed by atoms with Gasteiger partial charge in [0.25, 0.3) is 0 Å². The summed E-state index contributed by atoms with van der Waals surface area (Å²) < 4.78 is 11.7. The minimum Gasteiger partial charge on any atom is -0.490 e. The van der Waals surface area contributed by atoms with E-state index in [0.717, 1.165) is 48.0 Å². The number of carbonyl (C=O) groups excluding carboxylic acids is 3. The predicted octanol–water partition coefficient (Wildman–Crippen LogP) is 3.02. The molecule has 0 aliphatic heterocycles. The molecule has 0 bridgehead atoms. The molecule has 0 saturated heterocycles. The lowest BCUT2D eigenvalue weighted by molar-refractivity contribution is -0.191. The first-order valence-corrected chi connectivity index (χ1v) is 10.5. The molecule has 3 rings (SSSR count). The largest absolute Gasteiger partial charge is 0.490 e. The molecule has 1 amide bonds. The van der Waals surface area contributed by atoms with Crippen LogP contribution in [0.15, 0.2) is 24.3 Å². The number of nitrogens with zero attached hydrogens (tertiary/aromatic N) is 1. The number of pyridine rings is 1. The maximum absolute atomic E-state index is 12.0. The van der Waals surface area contributed by atoms with Crippen molar-refractivity contribution in [1.82, 2.24) is 10.3 Å². The number of hydrogen-bond donors (Lipinski definition) is 2. The van der Waals surface area contributed by atoms with Crippen molar-refractivity contribution in [2.24, 2.45) is 5.92 Å². The molecule has 2 aromatic rings. The summed E-state index contributed by atoms with van der Waals surface area (Å²) in [6.07, 6.45) is 3.97. The summed E-state index contributed by atoms with van der Waals surface area (Å²) >= 11 is 0. The quantitative estimate of drug-likeness (QED) is 0.694. The maximum atomic E-state index is 12.0. The summed E-state index contributed by atoms with van der Waals surface area (Å²) in [6.45, 7) is 6.82. The number of benzene rings is 1. The van der Waals surface area contributed by atoms with Gasteiger partial charge in [-0.1, -0.05) is 19.9 Å². The number of amides is 1. The van der Waals surface area contributed by atoms with Crippen molar-refractivity contribution in [3.63, 3.8) is 0 Å². The molecule has 168 valence electrons. The van der Waals surface area contributed by atoms with Crippen LogP contribution in [0.5, 0.6) is 5.75 Å². The summed E-state index contributed by atoms with van der Waals surface area (Å²) in [6, 6.07) is 7.93. The van der Waals surface area contributed by atoms with E-state index in [1.165, 1.54) is 0 Å². The molecule has 31 heavy (non-hydrogen) atoms. The zero-order valence-corrected chi connectivity index (χ0v) is 18.3. The van der Waals surface area contributed by atoms with Crippen molar-refractivity contribution in [3.8, 4) is 5.75 Å². The summed E-state index contributed by atoms with van der Waals surface area (Å²) in [5.41, 5.74) is 8.67. The number of anilines is 1. The molecule has 0 spiro atoms. The molecule has 1 heterocycles. The van der Waals surface area contributed by atoms with Gasteiger partial charge in [0.05, 0.1) is 17.0 Å². The van der Waals surface area contributed by atoms with Gasteiger partial charge in [-0.2, -0.15) is 9.59 Å². The molecule has 8 heteroatoms. The van der Waals surface area contributed by atoms with E-state index in [4.69, 9.17) is 24.8 Å². The number of nitrogens with two attached hydrogens (primary N) is 1. The van der Waals surface area contributed by atoms with E-state index in [1.807, 2.05) is 31.2 Å². The Balaban J connectivity index is 0.00000107. The molecular formula is C23H31N3O5. The Morgan fingerprint density at radius 1 is 1.26 bits per heavy atom. The van der Waals surface area contributed by atoms with E-state index in [9.17, 15) is 4.79 Å². The minimum absolute atomic E-state index is 0.0340. The molecule has 0 unspecified atom stereocenters. The molecule has 1 aliphatic carbocycles. The number of ether oxygens (including phenoxy) is 2. The second-order valence-electron chi connectivity index (χ2n) is 8.15. The fraction of sp³-hybridized carbons (Fsp3) is 0.522. The summed E-state index contributed by atoms with van der Waals surface area (Å²) in [5, 5.41) is 3.95. The molecule has 8 nitrogen and oxygen atoms in total. The van der Waals surface area contributed by atoms with E-state index in [2.05, 4.69) is 24.1 Å². The van der Waals surface area contributed by atoms with E-state index in [0.29, 0.717) is 18.2 Å². The highest BCUT2D eigenvalue weighted by atomic mass is 16.5. The van der Waals surface area contributed by atoms with Gasteiger partial charge >= 0.3 is 6.15 Å². The number of aromatic nitrogens is 1. The van der Waals surface area contributed by atoms with Gasteiger partial charge < -0.3 is 20.5 Å². The second-order valence-corrected chi connectivity index (χ2v) is 8.15. The Morgan fingerprint density at radius 2 is 1.94 bits per heavy atom. The molecule has 1 aromatic carbocycles. The Bertz CT molecular complexity index is 901. The maximum Gasteiger partial charge on any atom is 0.373 e. The van der Waals surface area contributed by atoms with Crippen LogP contribution in [0.25, 0.3) is 10.9 Å². The van der Waals surface area contributed by atoms with Crippen LogP contribution in [0.3, 0.4) is 0 Å². The SMILES string of the molecule is Cc1cc(N)c2c(OC3CCC(NC(=O)COCC(C)C)CC3)cccc2n1.O=C=O. The molecule has 1 fully saturated rings. The lowest BCUT2D eigenvalue weighted by Crippen LogP contribution is -2.41. The van der Waals surface area contributed by atoms with E-state index >= 15 is 0 Å². The Labute approximate surface area is 182 Å². The van der Waals surface area contributed by atoms with Crippen LogP contribution in [0, 0.1) is 12.8 Å². The lowest BCUT2D eigenvalue weighted by Gasteiger charge is -2.30. The zero-order chi connectivity index (χ0) is 22.8. The first-order chi connectivity index (χ1) is 14.8. The smallest absolute Gasteiger partial charge is 0.373 e. The Kier molecular flexibility index (Phi) is 9.43. The fourth-order valence-electron chi connectivity index (χ4n) is 3.68. The molecule has 3 N–H and O–H groups in total. The number of hydrogen-bond acceptors (Lipinski definition) is 7. The van der Waals surface area contributed by atoms with E-state index < -0.39 is 0 Å². The van der Waals surface area contributed by atoms with Crippen molar-refractivity contribution < 1.29 is 23.9 Å². The van der Waals surface area contributed by atoms with Crippen LogP contribution >= 0.6 is 0 Å². The average molecular weight is 430 g/mol. The van der Waals surface area contributed by atoms with Gasteiger partial charge in [0, 0.05) is 24.0 Å². The number of nitrogens with one attached hydrogen (secondary N) is 1. The monoisotopic (exact) mass is 429 g/mol. The fourth-order valence-corrected chi connectivity index (χ4v) is 3.68. The average Bonchev–Trinajstić information content (AvgIpc) is 2.69. The lowest BCUT2D eigenvalue weighted by atomic mass is 9.93. The van der Waals surface area contributed by atoms with Crippen LogP contribution in [-0.4, -0.2) is 42.4 Å². The Morgan fingerprint density at radius 3 is 2.58 bits per heavy atom. The first kappa shape index (κ1) is 24.3. The van der Waals surface area contributed by atoms with Gasteiger partial charge in [-0.25, -0.2) is 0 Å². The van der Waals surface area contributed by atoms with Gasteiger partial charge in [0.1, 0.15) is 12.4 Å². The number of rotatable bonds is 7. The summed E-state index contributed by atoms with van der Waals surface area (Å²) in [7, 11) is 0. The third-order valence-electron chi connectivity index (χ3n) is 4.97. The van der Waals surface area contributed by atoms with Crippen LogP contribution in [0.4, 0.5) is 5.69 Å². The van der Waals surface area contributed by atoms with Gasteiger partial charge in [-0.3, -0.25) is 9.78 Å². The van der Waals surface area contributed by atoms with Gasteiger partial charge in [-0.15, -0.1) is 0 Å². The van der Waals surface area contributed by atoms with E-state index in [-0.39, 0.29) is 30.8 Å². The van der Waals surface area contributed by atoms with Gasteiger partial charge in [-0.05, 0) is 56.7 Å². The van der Waals surface area contributed by atoms with Crippen LogP contribution in [0.1, 0.15) is 45.2 Å².